The van der Waals surface area contributed by atoms with Crippen LogP contribution in [0.5, 0.6) is 0 Å². The van der Waals surface area contributed by atoms with Crippen molar-refractivity contribution in [3.8, 4) is 0 Å². The Bertz CT molecular complexity index is 1090. The zero-order valence-electron chi connectivity index (χ0n) is 17.4. The standard InChI is InChI=1S/C25H26BrN3O2/c26-20-9-7-18(8-10-20)17-28-13-11-27(12-14-28)15-16-29-24(30)21-5-1-3-19-4-2-6-22(23(19)21)25(29)31/h1-10,24,30H,11-17H2. The van der Waals surface area contributed by atoms with Crippen LogP contribution in [0.25, 0.3) is 10.8 Å². The van der Waals surface area contributed by atoms with E-state index >= 15 is 0 Å². The number of carbonyl (C=O) groups excluding carboxylic acids is 1. The number of aliphatic hydroxyl groups excluding tert-OH is 1. The van der Waals surface area contributed by atoms with Gasteiger partial charge in [-0.3, -0.25) is 14.6 Å². The number of aliphatic hydroxyl groups is 1. The Balaban J connectivity index is 1.19. The number of carbonyl (C=O) groups is 1. The molecule has 31 heavy (non-hydrogen) atoms. The molecule has 3 aromatic rings. The van der Waals surface area contributed by atoms with E-state index in [0.29, 0.717) is 12.1 Å². The van der Waals surface area contributed by atoms with Crippen LogP contribution in [-0.2, 0) is 6.54 Å². The van der Waals surface area contributed by atoms with Gasteiger partial charge in [0.05, 0.1) is 0 Å². The van der Waals surface area contributed by atoms with Gasteiger partial charge in [0.15, 0.2) is 6.23 Å². The molecule has 2 aliphatic rings. The van der Waals surface area contributed by atoms with E-state index in [2.05, 4.69) is 50.0 Å². The maximum atomic E-state index is 13.1. The van der Waals surface area contributed by atoms with Crippen molar-refractivity contribution in [3.63, 3.8) is 0 Å². The predicted octanol–water partition coefficient (Wildman–Crippen LogP) is 3.87. The van der Waals surface area contributed by atoms with Crippen molar-refractivity contribution in [2.75, 3.05) is 39.3 Å². The Kier molecular flexibility index (Phi) is 5.80. The molecular formula is C25H26BrN3O2. The largest absolute Gasteiger partial charge is 0.369 e. The molecule has 1 unspecified atom stereocenters. The molecule has 1 atom stereocenters. The van der Waals surface area contributed by atoms with Gasteiger partial charge in [0.2, 0.25) is 0 Å². The fourth-order valence-electron chi connectivity index (χ4n) is 4.69. The van der Waals surface area contributed by atoms with Gasteiger partial charge in [-0.05, 0) is 29.1 Å². The molecule has 5 rings (SSSR count). The summed E-state index contributed by atoms with van der Waals surface area (Å²) in [6.07, 6.45) is -0.884. The smallest absolute Gasteiger partial charge is 0.256 e. The van der Waals surface area contributed by atoms with Crippen LogP contribution in [0.4, 0.5) is 0 Å². The Morgan fingerprint density at radius 1 is 0.871 bits per heavy atom. The van der Waals surface area contributed by atoms with E-state index in [9.17, 15) is 9.90 Å². The van der Waals surface area contributed by atoms with E-state index in [1.54, 1.807) is 4.90 Å². The fourth-order valence-corrected chi connectivity index (χ4v) is 4.95. The van der Waals surface area contributed by atoms with Crippen molar-refractivity contribution in [1.29, 1.82) is 0 Å². The van der Waals surface area contributed by atoms with Crippen molar-refractivity contribution < 1.29 is 9.90 Å². The Labute approximate surface area is 191 Å². The summed E-state index contributed by atoms with van der Waals surface area (Å²) in [6, 6.07) is 20.2. The van der Waals surface area contributed by atoms with Crippen molar-refractivity contribution in [3.05, 3.63) is 81.8 Å². The van der Waals surface area contributed by atoms with Gasteiger partial charge >= 0.3 is 0 Å². The molecule has 2 aliphatic heterocycles. The molecule has 5 nitrogen and oxygen atoms in total. The predicted molar refractivity (Wildman–Crippen MR) is 126 cm³/mol. The number of nitrogens with zero attached hydrogens (tertiary/aromatic N) is 3. The quantitative estimate of drug-likeness (QED) is 0.603. The lowest BCUT2D eigenvalue weighted by atomic mass is 9.93. The van der Waals surface area contributed by atoms with Gasteiger partial charge in [-0.25, -0.2) is 0 Å². The number of halogens is 1. The number of rotatable bonds is 5. The first-order valence-electron chi connectivity index (χ1n) is 10.8. The lowest BCUT2D eigenvalue weighted by Crippen LogP contribution is -2.49. The Hall–Kier alpha value is -2.25. The molecule has 1 fully saturated rings. The van der Waals surface area contributed by atoms with Crippen LogP contribution >= 0.6 is 15.9 Å². The average molecular weight is 480 g/mol. The molecule has 1 saturated heterocycles. The lowest BCUT2D eigenvalue weighted by molar-refractivity contribution is -0.00111. The maximum absolute atomic E-state index is 13.1. The molecule has 0 aromatic heterocycles. The molecule has 0 saturated carbocycles. The highest BCUT2D eigenvalue weighted by molar-refractivity contribution is 9.10. The third-order valence-corrected chi connectivity index (χ3v) is 6.97. The third kappa shape index (κ3) is 4.13. The summed E-state index contributed by atoms with van der Waals surface area (Å²) in [7, 11) is 0. The summed E-state index contributed by atoms with van der Waals surface area (Å²) < 4.78 is 1.11. The Morgan fingerprint density at radius 2 is 1.55 bits per heavy atom. The van der Waals surface area contributed by atoms with Crippen molar-refractivity contribution >= 4 is 32.6 Å². The summed E-state index contributed by atoms with van der Waals surface area (Å²) >= 11 is 3.49. The van der Waals surface area contributed by atoms with E-state index in [-0.39, 0.29) is 5.91 Å². The first-order chi connectivity index (χ1) is 15.1. The first-order valence-corrected chi connectivity index (χ1v) is 11.6. The summed E-state index contributed by atoms with van der Waals surface area (Å²) in [4.78, 5) is 19.6. The van der Waals surface area contributed by atoms with Crippen LogP contribution in [0.1, 0.15) is 27.7 Å². The monoisotopic (exact) mass is 479 g/mol. The SMILES string of the molecule is O=C1c2cccc3cccc(c23)C(O)N1CCN1CCN(Cc2ccc(Br)cc2)CC1. The van der Waals surface area contributed by atoms with Crippen LogP contribution in [0.3, 0.4) is 0 Å². The van der Waals surface area contributed by atoms with Crippen molar-refractivity contribution in [1.82, 2.24) is 14.7 Å². The molecular weight excluding hydrogens is 454 g/mol. The molecule has 0 aliphatic carbocycles. The van der Waals surface area contributed by atoms with Gasteiger partial charge in [-0.1, -0.05) is 58.4 Å². The number of benzene rings is 3. The summed E-state index contributed by atoms with van der Waals surface area (Å²) in [5.74, 6) is -0.0781. The van der Waals surface area contributed by atoms with Gasteiger partial charge in [0, 0.05) is 66.8 Å². The number of hydrogen-bond donors (Lipinski definition) is 1. The normalized spacial score (nSPS) is 19.9. The average Bonchev–Trinajstić information content (AvgIpc) is 2.80. The van der Waals surface area contributed by atoms with Gasteiger partial charge < -0.3 is 10.0 Å². The summed E-state index contributed by atoms with van der Waals surface area (Å²) in [6.45, 7) is 6.22. The second-order valence-corrected chi connectivity index (χ2v) is 9.28. The summed E-state index contributed by atoms with van der Waals surface area (Å²) in [5, 5.41) is 12.8. The molecule has 0 bridgehead atoms. The number of amides is 1. The van der Waals surface area contributed by atoms with Gasteiger partial charge in [0.1, 0.15) is 0 Å². The maximum Gasteiger partial charge on any atom is 0.256 e. The van der Waals surface area contributed by atoms with E-state index in [0.717, 1.165) is 60.1 Å². The van der Waals surface area contributed by atoms with Crippen LogP contribution in [0.15, 0.2) is 65.1 Å². The van der Waals surface area contributed by atoms with E-state index in [1.165, 1.54) is 5.56 Å². The molecule has 0 spiro atoms. The highest BCUT2D eigenvalue weighted by Gasteiger charge is 2.32. The first kappa shape index (κ1) is 20.6. The molecule has 1 amide bonds. The zero-order valence-corrected chi connectivity index (χ0v) is 19.0. The minimum Gasteiger partial charge on any atom is -0.369 e. The topological polar surface area (TPSA) is 47.0 Å². The van der Waals surface area contributed by atoms with Gasteiger partial charge in [-0.15, -0.1) is 0 Å². The third-order valence-electron chi connectivity index (χ3n) is 6.44. The molecule has 2 heterocycles. The number of hydrogen-bond acceptors (Lipinski definition) is 4. The second kappa shape index (κ2) is 8.71. The molecule has 0 radical (unpaired) electrons. The minimum atomic E-state index is -0.884. The van der Waals surface area contributed by atoms with Crippen LogP contribution in [0.2, 0.25) is 0 Å². The number of piperazine rings is 1. The van der Waals surface area contributed by atoms with E-state index in [4.69, 9.17) is 0 Å². The van der Waals surface area contributed by atoms with Crippen LogP contribution in [-0.4, -0.2) is 65.0 Å². The summed E-state index contributed by atoms with van der Waals surface area (Å²) in [5.41, 5.74) is 2.84. The molecule has 3 aromatic carbocycles. The molecule has 160 valence electrons. The van der Waals surface area contributed by atoms with E-state index in [1.807, 2.05) is 36.4 Å². The fraction of sp³-hybridized carbons (Fsp3) is 0.320. The van der Waals surface area contributed by atoms with Crippen molar-refractivity contribution in [2.24, 2.45) is 0 Å². The Morgan fingerprint density at radius 3 is 2.29 bits per heavy atom. The van der Waals surface area contributed by atoms with Gasteiger partial charge in [0.25, 0.3) is 5.91 Å². The van der Waals surface area contributed by atoms with Crippen LogP contribution < -0.4 is 0 Å². The molecule has 6 heteroatoms. The second-order valence-electron chi connectivity index (χ2n) is 8.37. The molecule has 1 N–H and O–H groups in total. The van der Waals surface area contributed by atoms with Crippen LogP contribution in [0, 0.1) is 0 Å². The highest BCUT2D eigenvalue weighted by atomic mass is 79.9. The lowest BCUT2D eigenvalue weighted by Gasteiger charge is -2.38. The van der Waals surface area contributed by atoms with Crippen molar-refractivity contribution in [2.45, 2.75) is 12.8 Å². The zero-order chi connectivity index (χ0) is 21.4. The minimum absolute atomic E-state index is 0.0781. The highest BCUT2D eigenvalue weighted by Crippen LogP contribution is 2.35. The van der Waals surface area contributed by atoms with Gasteiger partial charge in [-0.2, -0.15) is 0 Å². The van der Waals surface area contributed by atoms with E-state index < -0.39 is 6.23 Å².